The number of piperidine rings is 2. The van der Waals surface area contributed by atoms with E-state index in [1.165, 1.54) is 51.6 Å². The predicted molar refractivity (Wildman–Crippen MR) is 137 cm³/mol. The summed E-state index contributed by atoms with van der Waals surface area (Å²) in [6.45, 7) is 7.14. The summed E-state index contributed by atoms with van der Waals surface area (Å²) in [5, 5.41) is 0.984. The van der Waals surface area contributed by atoms with Crippen molar-refractivity contribution < 1.29 is 9.47 Å². The average molecular weight is 469 g/mol. The van der Waals surface area contributed by atoms with Gasteiger partial charge in [0, 0.05) is 37.6 Å². The van der Waals surface area contributed by atoms with Crippen LogP contribution in [0.25, 0.3) is 10.9 Å². The number of benzene rings is 1. The summed E-state index contributed by atoms with van der Waals surface area (Å²) >= 11 is 0. The number of anilines is 2. The van der Waals surface area contributed by atoms with E-state index in [9.17, 15) is 0 Å². The van der Waals surface area contributed by atoms with Gasteiger partial charge in [-0.25, -0.2) is 4.98 Å². The summed E-state index contributed by atoms with van der Waals surface area (Å²) in [5.41, 5.74) is 7.44. The minimum absolute atomic E-state index is 0.0185. The fourth-order valence-corrected chi connectivity index (χ4v) is 5.53. The molecule has 186 valence electrons. The van der Waals surface area contributed by atoms with Crippen LogP contribution in [0, 0.1) is 0 Å². The lowest BCUT2D eigenvalue weighted by Crippen LogP contribution is -2.46. The Hall–Kier alpha value is -2.32. The topological polar surface area (TPSA) is 80.0 Å². The Balaban J connectivity index is 1.42. The maximum Gasteiger partial charge on any atom is 0.227 e. The molecule has 0 radical (unpaired) electrons. The van der Waals surface area contributed by atoms with E-state index in [0.29, 0.717) is 6.61 Å². The van der Waals surface area contributed by atoms with Gasteiger partial charge in [0.05, 0.1) is 25.4 Å². The Labute approximate surface area is 203 Å². The molecule has 1 aromatic carbocycles. The summed E-state index contributed by atoms with van der Waals surface area (Å²) in [7, 11) is 1.70. The van der Waals surface area contributed by atoms with Crippen LogP contribution in [0.5, 0.6) is 11.5 Å². The van der Waals surface area contributed by atoms with Crippen molar-refractivity contribution in [3.8, 4) is 11.5 Å². The Morgan fingerprint density at radius 3 is 2.44 bits per heavy atom. The summed E-state index contributed by atoms with van der Waals surface area (Å²) in [4.78, 5) is 17.1. The van der Waals surface area contributed by atoms with Crippen LogP contribution in [0.2, 0.25) is 0 Å². The molecular formula is C26H40N6O2. The van der Waals surface area contributed by atoms with Crippen LogP contribution in [0.4, 0.5) is 11.8 Å². The number of hydrogen-bond acceptors (Lipinski definition) is 8. The molecular weight excluding hydrogens is 428 g/mol. The number of hydrogen-bond donors (Lipinski definition) is 1. The van der Waals surface area contributed by atoms with Crippen molar-refractivity contribution in [1.82, 2.24) is 14.9 Å². The fraction of sp³-hybridized carbons (Fsp3) is 0.692. The largest absolute Gasteiger partial charge is 0.493 e. The average Bonchev–Trinajstić information content (AvgIpc) is 3.42. The quantitative estimate of drug-likeness (QED) is 0.587. The SMILES string of the molecule is COc1cc2c(N3CCCCC3N)nc(N3CCCC3)nc2cc1OCCCN1CCCCC1. The molecule has 0 spiro atoms. The van der Waals surface area contributed by atoms with Crippen molar-refractivity contribution in [3.63, 3.8) is 0 Å². The van der Waals surface area contributed by atoms with Gasteiger partial charge in [-0.05, 0) is 70.5 Å². The third-order valence-electron chi connectivity index (χ3n) is 7.48. The van der Waals surface area contributed by atoms with Crippen LogP contribution in [0.1, 0.15) is 57.8 Å². The highest BCUT2D eigenvalue weighted by Gasteiger charge is 2.26. The molecule has 8 nitrogen and oxygen atoms in total. The molecule has 5 rings (SSSR count). The summed E-state index contributed by atoms with van der Waals surface area (Å²) < 4.78 is 12.0. The second kappa shape index (κ2) is 11.0. The molecule has 0 amide bonds. The van der Waals surface area contributed by atoms with Gasteiger partial charge in [-0.1, -0.05) is 6.42 Å². The number of fused-ring (bicyclic) bond motifs is 1. The van der Waals surface area contributed by atoms with Crippen molar-refractivity contribution in [2.24, 2.45) is 5.73 Å². The highest BCUT2D eigenvalue weighted by molar-refractivity contribution is 5.93. The normalized spacial score (nSPS) is 21.9. The molecule has 1 atom stereocenters. The third-order valence-corrected chi connectivity index (χ3v) is 7.48. The van der Waals surface area contributed by atoms with Crippen LogP contribution in [0.3, 0.4) is 0 Å². The number of aromatic nitrogens is 2. The second-order valence-electron chi connectivity index (χ2n) is 9.92. The van der Waals surface area contributed by atoms with Gasteiger partial charge < -0.3 is 29.9 Å². The first-order valence-electron chi connectivity index (χ1n) is 13.2. The lowest BCUT2D eigenvalue weighted by molar-refractivity contribution is 0.203. The highest BCUT2D eigenvalue weighted by atomic mass is 16.5. The van der Waals surface area contributed by atoms with Gasteiger partial charge in [-0.3, -0.25) is 0 Å². The van der Waals surface area contributed by atoms with E-state index in [1.54, 1.807) is 7.11 Å². The summed E-state index contributed by atoms with van der Waals surface area (Å²) in [5.74, 6) is 3.22. The predicted octanol–water partition coefficient (Wildman–Crippen LogP) is 3.77. The van der Waals surface area contributed by atoms with Crippen molar-refractivity contribution in [2.45, 2.75) is 64.0 Å². The van der Waals surface area contributed by atoms with E-state index in [-0.39, 0.29) is 6.17 Å². The molecule has 3 aliphatic heterocycles. The van der Waals surface area contributed by atoms with Gasteiger partial charge in [0.25, 0.3) is 0 Å². The summed E-state index contributed by atoms with van der Waals surface area (Å²) in [6.07, 6.45) is 10.7. The molecule has 2 N–H and O–H groups in total. The number of likely N-dealkylation sites (tertiary alicyclic amines) is 1. The summed E-state index contributed by atoms with van der Waals surface area (Å²) in [6, 6.07) is 4.08. The van der Waals surface area contributed by atoms with Gasteiger partial charge in [-0.15, -0.1) is 0 Å². The van der Waals surface area contributed by atoms with E-state index in [2.05, 4.69) is 14.7 Å². The molecule has 34 heavy (non-hydrogen) atoms. The molecule has 8 heteroatoms. The minimum atomic E-state index is -0.0185. The van der Waals surface area contributed by atoms with Gasteiger partial charge in [-0.2, -0.15) is 4.98 Å². The van der Waals surface area contributed by atoms with E-state index < -0.39 is 0 Å². The van der Waals surface area contributed by atoms with E-state index in [1.807, 2.05) is 12.1 Å². The lowest BCUT2D eigenvalue weighted by Gasteiger charge is -2.35. The number of nitrogens with two attached hydrogens (primary N) is 1. The molecule has 0 saturated carbocycles. The fourth-order valence-electron chi connectivity index (χ4n) is 5.53. The zero-order valence-electron chi connectivity index (χ0n) is 20.7. The maximum absolute atomic E-state index is 6.54. The third kappa shape index (κ3) is 5.18. The monoisotopic (exact) mass is 468 g/mol. The number of ether oxygens (including phenoxy) is 2. The Kier molecular flexibility index (Phi) is 7.54. The van der Waals surface area contributed by atoms with Crippen molar-refractivity contribution in [3.05, 3.63) is 12.1 Å². The number of methoxy groups -OCH3 is 1. The van der Waals surface area contributed by atoms with Crippen LogP contribution < -0.4 is 25.0 Å². The van der Waals surface area contributed by atoms with Gasteiger partial charge in [0.15, 0.2) is 11.5 Å². The lowest BCUT2D eigenvalue weighted by atomic mass is 10.1. The van der Waals surface area contributed by atoms with E-state index >= 15 is 0 Å². The first-order chi connectivity index (χ1) is 16.7. The molecule has 0 aliphatic carbocycles. The van der Waals surface area contributed by atoms with Crippen molar-refractivity contribution in [1.29, 1.82) is 0 Å². The number of nitrogens with zero attached hydrogens (tertiary/aromatic N) is 5. The number of rotatable bonds is 8. The van der Waals surface area contributed by atoms with Gasteiger partial charge in [0.1, 0.15) is 5.82 Å². The van der Waals surface area contributed by atoms with Crippen molar-refractivity contribution >= 4 is 22.7 Å². The first-order valence-corrected chi connectivity index (χ1v) is 13.2. The molecule has 0 bridgehead atoms. The molecule has 3 fully saturated rings. The molecule has 2 aromatic rings. The smallest absolute Gasteiger partial charge is 0.227 e. The zero-order valence-corrected chi connectivity index (χ0v) is 20.7. The molecule has 3 aliphatic rings. The standard InChI is InChI=1S/C26H40N6O2/c1-33-22-18-20-21(19-23(22)34-17-9-13-30-11-4-2-5-12-30)28-26(31-14-7-8-15-31)29-25(20)32-16-6-3-10-24(32)27/h18-19,24H,2-17,27H2,1H3. The molecule has 4 heterocycles. The van der Waals surface area contributed by atoms with Crippen LogP contribution in [-0.2, 0) is 0 Å². The maximum atomic E-state index is 6.54. The zero-order chi connectivity index (χ0) is 23.3. The van der Waals surface area contributed by atoms with Crippen LogP contribution in [-0.4, -0.2) is 74.0 Å². The van der Waals surface area contributed by atoms with Gasteiger partial charge >= 0.3 is 0 Å². The van der Waals surface area contributed by atoms with Gasteiger partial charge in [0.2, 0.25) is 5.95 Å². The van der Waals surface area contributed by atoms with Crippen LogP contribution >= 0.6 is 0 Å². The molecule has 3 saturated heterocycles. The van der Waals surface area contributed by atoms with E-state index in [0.717, 1.165) is 79.6 Å². The second-order valence-corrected chi connectivity index (χ2v) is 9.92. The van der Waals surface area contributed by atoms with E-state index in [4.69, 9.17) is 25.2 Å². The Morgan fingerprint density at radius 2 is 1.68 bits per heavy atom. The molecule has 1 aromatic heterocycles. The highest BCUT2D eigenvalue weighted by Crippen LogP contribution is 2.38. The van der Waals surface area contributed by atoms with Crippen LogP contribution in [0.15, 0.2) is 12.1 Å². The molecule has 1 unspecified atom stereocenters. The Morgan fingerprint density at radius 1 is 0.912 bits per heavy atom. The van der Waals surface area contributed by atoms with Crippen molar-refractivity contribution in [2.75, 3.05) is 62.8 Å². The Bertz CT molecular complexity index is 958. The first kappa shape index (κ1) is 23.4. The minimum Gasteiger partial charge on any atom is -0.493 e.